The molecule has 0 aliphatic heterocycles. The van der Waals surface area contributed by atoms with Gasteiger partial charge >= 0.3 is 0 Å². The van der Waals surface area contributed by atoms with Crippen molar-refractivity contribution in [2.45, 2.75) is 78.8 Å². The zero-order valence-electron chi connectivity index (χ0n) is 20.7. The lowest BCUT2D eigenvalue weighted by atomic mass is 10.1. The van der Waals surface area contributed by atoms with Crippen molar-refractivity contribution in [1.82, 2.24) is 15.5 Å². The molecule has 0 saturated heterocycles. The molecular formula is C25H45N3O3. The van der Waals surface area contributed by atoms with Gasteiger partial charge in [-0.05, 0) is 83.9 Å². The van der Waals surface area contributed by atoms with Crippen LogP contribution in [0.1, 0.15) is 72.3 Å². The van der Waals surface area contributed by atoms with Crippen LogP contribution in [0, 0.1) is 0 Å². The van der Waals surface area contributed by atoms with Crippen molar-refractivity contribution in [2.24, 2.45) is 0 Å². The normalized spacial score (nSPS) is 11.6. The van der Waals surface area contributed by atoms with Gasteiger partial charge in [-0.25, -0.2) is 0 Å². The molecule has 31 heavy (non-hydrogen) atoms. The number of amides is 1. The molecule has 0 bridgehead atoms. The van der Waals surface area contributed by atoms with Crippen LogP contribution in [0.15, 0.2) is 18.2 Å². The summed E-state index contributed by atoms with van der Waals surface area (Å²) in [6, 6.07) is 5.86. The molecule has 6 nitrogen and oxygen atoms in total. The van der Waals surface area contributed by atoms with E-state index in [1.54, 1.807) is 7.11 Å². The third-order valence-electron chi connectivity index (χ3n) is 4.91. The van der Waals surface area contributed by atoms with Crippen LogP contribution in [-0.2, 0) is 11.3 Å². The van der Waals surface area contributed by atoms with E-state index in [1.807, 2.05) is 39.0 Å². The number of carbonyl (C=O) groups is 1. The third-order valence-corrected chi connectivity index (χ3v) is 4.91. The monoisotopic (exact) mass is 435 g/mol. The Morgan fingerprint density at radius 3 is 2.23 bits per heavy atom. The van der Waals surface area contributed by atoms with E-state index in [0.29, 0.717) is 11.5 Å². The quantitative estimate of drug-likeness (QED) is 0.378. The van der Waals surface area contributed by atoms with Gasteiger partial charge in [-0.15, -0.1) is 0 Å². The predicted octanol–water partition coefficient (Wildman–Crippen LogP) is 4.37. The molecule has 1 aromatic rings. The van der Waals surface area contributed by atoms with E-state index in [2.05, 4.69) is 29.4 Å². The van der Waals surface area contributed by atoms with Gasteiger partial charge in [0.15, 0.2) is 18.1 Å². The third kappa shape index (κ3) is 12.6. The zero-order valence-corrected chi connectivity index (χ0v) is 20.7. The molecule has 1 aromatic carbocycles. The van der Waals surface area contributed by atoms with Crippen molar-refractivity contribution in [2.75, 3.05) is 39.9 Å². The number of methoxy groups -OCH3 is 1. The Bertz CT molecular complexity index is 621. The van der Waals surface area contributed by atoms with Crippen molar-refractivity contribution >= 4 is 5.91 Å². The Morgan fingerprint density at radius 2 is 1.65 bits per heavy atom. The van der Waals surface area contributed by atoms with Gasteiger partial charge in [-0.3, -0.25) is 4.79 Å². The number of benzene rings is 1. The Kier molecular flexibility index (Phi) is 13.3. The Morgan fingerprint density at radius 1 is 1.00 bits per heavy atom. The van der Waals surface area contributed by atoms with E-state index in [1.165, 1.54) is 38.8 Å². The van der Waals surface area contributed by atoms with E-state index in [0.717, 1.165) is 31.6 Å². The molecule has 0 spiro atoms. The number of unbranched alkanes of at least 4 members (excludes halogenated alkanes) is 2. The highest BCUT2D eigenvalue weighted by Gasteiger charge is 2.15. The van der Waals surface area contributed by atoms with Crippen LogP contribution in [0.4, 0.5) is 0 Å². The van der Waals surface area contributed by atoms with E-state index in [4.69, 9.17) is 9.47 Å². The van der Waals surface area contributed by atoms with Gasteiger partial charge < -0.3 is 25.0 Å². The lowest BCUT2D eigenvalue weighted by Gasteiger charge is -2.22. The minimum Gasteiger partial charge on any atom is -0.493 e. The van der Waals surface area contributed by atoms with E-state index < -0.39 is 0 Å². The summed E-state index contributed by atoms with van der Waals surface area (Å²) >= 11 is 0. The van der Waals surface area contributed by atoms with Crippen molar-refractivity contribution in [3.8, 4) is 11.5 Å². The molecule has 2 N–H and O–H groups in total. The fourth-order valence-corrected chi connectivity index (χ4v) is 3.30. The number of hydrogen-bond acceptors (Lipinski definition) is 5. The van der Waals surface area contributed by atoms with Gasteiger partial charge in [-0.1, -0.05) is 32.8 Å². The van der Waals surface area contributed by atoms with Gasteiger partial charge in [0.2, 0.25) is 0 Å². The first kappa shape index (κ1) is 27.2. The minimum atomic E-state index is -0.275. The molecule has 1 amide bonds. The van der Waals surface area contributed by atoms with Crippen molar-refractivity contribution < 1.29 is 14.3 Å². The van der Waals surface area contributed by atoms with Gasteiger partial charge in [0, 0.05) is 12.1 Å². The number of ether oxygens (including phenoxy) is 2. The second-order valence-electron chi connectivity index (χ2n) is 9.15. The number of hydrogen-bond donors (Lipinski definition) is 2. The first-order chi connectivity index (χ1) is 14.8. The fourth-order valence-electron chi connectivity index (χ4n) is 3.30. The molecule has 178 valence electrons. The summed E-state index contributed by atoms with van der Waals surface area (Å²) in [5.41, 5.74) is 0.862. The Hall–Kier alpha value is -1.79. The number of nitrogens with zero attached hydrogens (tertiary/aromatic N) is 1. The zero-order chi connectivity index (χ0) is 23.1. The first-order valence-electron chi connectivity index (χ1n) is 11.8. The van der Waals surface area contributed by atoms with E-state index in [9.17, 15) is 4.79 Å². The van der Waals surface area contributed by atoms with Crippen LogP contribution in [0.2, 0.25) is 0 Å². The van der Waals surface area contributed by atoms with Crippen LogP contribution >= 0.6 is 0 Å². The second kappa shape index (κ2) is 15.1. The van der Waals surface area contributed by atoms with Crippen molar-refractivity contribution in [1.29, 1.82) is 0 Å². The Balaban J connectivity index is 2.42. The smallest absolute Gasteiger partial charge is 0.258 e. The molecule has 0 unspecified atom stereocenters. The first-order valence-corrected chi connectivity index (χ1v) is 11.8. The van der Waals surface area contributed by atoms with Crippen LogP contribution in [0.5, 0.6) is 11.5 Å². The summed E-state index contributed by atoms with van der Waals surface area (Å²) in [7, 11) is 1.62. The SMILES string of the molecule is CCCCN(CCCC)CCCNCc1ccc(OCC(=O)NC(C)(C)C)c(OC)c1. The summed E-state index contributed by atoms with van der Waals surface area (Å²) in [6.07, 6.45) is 6.22. The molecule has 1 rings (SSSR count). The molecule has 0 atom stereocenters. The largest absolute Gasteiger partial charge is 0.493 e. The summed E-state index contributed by atoms with van der Waals surface area (Å²) in [4.78, 5) is 14.6. The topological polar surface area (TPSA) is 62.8 Å². The number of nitrogens with one attached hydrogen (secondary N) is 2. The van der Waals surface area contributed by atoms with Gasteiger partial charge in [0.05, 0.1) is 7.11 Å². The van der Waals surface area contributed by atoms with Crippen molar-refractivity contribution in [3.63, 3.8) is 0 Å². The molecule has 0 aromatic heterocycles. The molecular weight excluding hydrogens is 390 g/mol. The minimum absolute atomic E-state index is 0.0300. The maximum absolute atomic E-state index is 12.0. The van der Waals surface area contributed by atoms with Crippen LogP contribution in [0.3, 0.4) is 0 Å². The van der Waals surface area contributed by atoms with E-state index >= 15 is 0 Å². The van der Waals surface area contributed by atoms with Crippen LogP contribution < -0.4 is 20.1 Å². The number of carbonyl (C=O) groups excluding carboxylic acids is 1. The lowest BCUT2D eigenvalue weighted by molar-refractivity contribution is -0.124. The molecule has 0 aliphatic carbocycles. The Labute approximate surface area is 190 Å². The maximum Gasteiger partial charge on any atom is 0.258 e. The second-order valence-corrected chi connectivity index (χ2v) is 9.15. The summed E-state index contributed by atoms with van der Waals surface area (Å²) in [5, 5.41) is 6.42. The average molecular weight is 436 g/mol. The highest BCUT2D eigenvalue weighted by atomic mass is 16.5. The van der Waals surface area contributed by atoms with Gasteiger partial charge in [-0.2, -0.15) is 0 Å². The predicted molar refractivity (Wildman–Crippen MR) is 129 cm³/mol. The van der Waals surface area contributed by atoms with Gasteiger partial charge in [0.1, 0.15) is 0 Å². The molecule has 0 saturated carbocycles. The van der Waals surface area contributed by atoms with Gasteiger partial charge in [0.25, 0.3) is 5.91 Å². The summed E-state index contributed by atoms with van der Waals surface area (Å²) in [5.74, 6) is 1.08. The molecule has 0 fully saturated rings. The molecule has 0 aliphatic rings. The summed E-state index contributed by atoms with van der Waals surface area (Å²) in [6.45, 7) is 15.7. The lowest BCUT2D eigenvalue weighted by Crippen LogP contribution is -2.43. The number of rotatable bonds is 16. The van der Waals surface area contributed by atoms with E-state index in [-0.39, 0.29) is 18.1 Å². The fraction of sp³-hybridized carbons (Fsp3) is 0.720. The maximum atomic E-state index is 12.0. The molecule has 0 radical (unpaired) electrons. The average Bonchev–Trinajstić information content (AvgIpc) is 2.72. The van der Waals surface area contributed by atoms with Crippen LogP contribution in [0.25, 0.3) is 0 Å². The highest BCUT2D eigenvalue weighted by molar-refractivity contribution is 5.78. The standard InChI is InChI=1S/C25H45N3O3/c1-7-9-15-28(16-10-8-2)17-11-14-26-19-21-12-13-22(23(18-21)30-6)31-20-24(29)27-25(3,4)5/h12-13,18,26H,7-11,14-17,19-20H2,1-6H3,(H,27,29). The molecule has 0 heterocycles. The van der Waals surface area contributed by atoms with Crippen molar-refractivity contribution in [3.05, 3.63) is 23.8 Å². The molecule has 6 heteroatoms. The highest BCUT2D eigenvalue weighted by Crippen LogP contribution is 2.28. The van der Waals surface area contributed by atoms with Crippen LogP contribution in [-0.4, -0.2) is 56.2 Å². The summed E-state index contributed by atoms with van der Waals surface area (Å²) < 4.78 is 11.1.